The summed E-state index contributed by atoms with van der Waals surface area (Å²) in [6.45, 7) is 5.50. The molecule has 0 bridgehead atoms. The fourth-order valence-electron chi connectivity index (χ4n) is 4.13. The van der Waals surface area contributed by atoms with Gasteiger partial charge in [0.15, 0.2) is 0 Å². The lowest BCUT2D eigenvalue weighted by molar-refractivity contribution is -0.143. The molecule has 176 valence electrons. The van der Waals surface area contributed by atoms with E-state index in [1.807, 2.05) is 48.5 Å². The highest BCUT2D eigenvalue weighted by atomic mass is 16.6. The number of carbonyl (C=O) groups is 3. The minimum atomic E-state index is -1.15. The standard InChI is InChI=1S/C25H30N2O6/c1-25(2,3)33-23(30)26-15-9-14-20(22(28)29)27(24(31)32-4)21-18-12-7-5-10-16(18)17-11-6-8-13-19(17)21/h5-8,10-13,20-21H,9,14-15H2,1-4H3,(H,26,30)(H,28,29). The molecule has 1 aliphatic carbocycles. The lowest BCUT2D eigenvalue weighted by Crippen LogP contribution is -2.47. The number of fused-ring (bicyclic) bond motifs is 3. The molecule has 0 radical (unpaired) electrons. The van der Waals surface area contributed by atoms with Crippen LogP contribution in [0, 0.1) is 0 Å². The van der Waals surface area contributed by atoms with Crippen LogP contribution in [-0.4, -0.2) is 53.5 Å². The Morgan fingerprint density at radius 2 is 1.58 bits per heavy atom. The lowest BCUT2D eigenvalue weighted by Gasteiger charge is -2.34. The van der Waals surface area contributed by atoms with E-state index in [0.29, 0.717) is 6.42 Å². The van der Waals surface area contributed by atoms with Crippen LogP contribution < -0.4 is 5.32 Å². The molecule has 1 aliphatic rings. The highest BCUT2D eigenvalue weighted by Gasteiger charge is 2.41. The first-order valence-corrected chi connectivity index (χ1v) is 10.9. The highest BCUT2D eigenvalue weighted by molar-refractivity contribution is 5.85. The van der Waals surface area contributed by atoms with Crippen molar-refractivity contribution in [2.75, 3.05) is 13.7 Å². The second-order valence-corrected chi connectivity index (χ2v) is 8.88. The van der Waals surface area contributed by atoms with Crippen molar-refractivity contribution in [1.29, 1.82) is 0 Å². The van der Waals surface area contributed by atoms with Gasteiger partial charge in [-0.15, -0.1) is 0 Å². The molecule has 3 rings (SSSR count). The van der Waals surface area contributed by atoms with Crippen molar-refractivity contribution in [3.8, 4) is 11.1 Å². The van der Waals surface area contributed by atoms with Crippen molar-refractivity contribution >= 4 is 18.2 Å². The minimum Gasteiger partial charge on any atom is -0.480 e. The molecule has 2 aromatic rings. The number of methoxy groups -OCH3 is 1. The third-order valence-electron chi connectivity index (χ3n) is 5.41. The van der Waals surface area contributed by atoms with Gasteiger partial charge in [-0.25, -0.2) is 14.4 Å². The van der Waals surface area contributed by atoms with Crippen LogP contribution >= 0.6 is 0 Å². The van der Waals surface area contributed by atoms with Gasteiger partial charge in [0.05, 0.1) is 13.2 Å². The first kappa shape index (κ1) is 24.1. The second-order valence-electron chi connectivity index (χ2n) is 8.88. The van der Waals surface area contributed by atoms with E-state index < -0.39 is 35.8 Å². The lowest BCUT2D eigenvalue weighted by atomic mass is 10.00. The van der Waals surface area contributed by atoms with Crippen LogP contribution in [0.2, 0.25) is 0 Å². The van der Waals surface area contributed by atoms with Gasteiger partial charge in [-0.2, -0.15) is 0 Å². The van der Waals surface area contributed by atoms with E-state index in [1.54, 1.807) is 20.8 Å². The number of carboxylic acid groups (broad SMARTS) is 1. The van der Waals surface area contributed by atoms with Gasteiger partial charge in [0.1, 0.15) is 11.6 Å². The SMILES string of the molecule is COC(=O)N(C(CCCNC(=O)OC(C)(C)C)C(=O)O)C1c2ccccc2-c2ccccc21. The Morgan fingerprint density at radius 3 is 2.06 bits per heavy atom. The predicted octanol–water partition coefficient (Wildman–Crippen LogP) is 4.58. The molecule has 1 unspecified atom stereocenters. The Bertz CT molecular complexity index is 984. The second kappa shape index (κ2) is 9.94. The molecule has 0 saturated heterocycles. The van der Waals surface area contributed by atoms with Crippen LogP contribution in [0.15, 0.2) is 48.5 Å². The molecule has 0 saturated carbocycles. The van der Waals surface area contributed by atoms with E-state index in [9.17, 15) is 19.5 Å². The summed E-state index contributed by atoms with van der Waals surface area (Å²) < 4.78 is 10.2. The number of nitrogens with one attached hydrogen (secondary N) is 1. The molecule has 0 aromatic heterocycles. The van der Waals surface area contributed by atoms with Crippen molar-refractivity contribution in [2.24, 2.45) is 0 Å². The molecule has 2 aromatic carbocycles. The van der Waals surface area contributed by atoms with E-state index in [4.69, 9.17) is 9.47 Å². The van der Waals surface area contributed by atoms with Gasteiger partial charge >= 0.3 is 18.2 Å². The van der Waals surface area contributed by atoms with Crippen LogP contribution in [0.5, 0.6) is 0 Å². The number of carboxylic acids is 1. The Kier molecular flexibility index (Phi) is 7.26. The van der Waals surface area contributed by atoms with Gasteiger partial charge in [-0.05, 0) is 55.9 Å². The maximum absolute atomic E-state index is 12.9. The Balaban J connectivity index is 1.84. The molecule has 8 nitrogen and oxygen atoms in total. The van der Waals surface area contributed by atoms with Gasteiger partial charge in [0.25, 0.3) is 0 Å². The molecule has 33 heavy (non-hydrogen) atoms. The zero-order valence-electron chi connectivity index (χ0n) is 19.3. The summed E-state index contributed by atoms with van der Waals surface area (Å²) in [6, 6.07) is 13.6. The first-order valence-electron chi connectivity index (χ1n) is 10.9. The Morgan fingerprint density at radius 1 is 1.03 bits per heavy atom. The number of aliphatic carboxylic acids is 1. The number of amides is 2. The smallest absolute Gasteiger partial charge is 0.411 e. The topological polar surface area (TPSA) is 105 Å². The summed E-state index contributed by atoms with van der Waals surface area (Å²) in [7, 11) is 1.24. The molecule has 0 spiro atoms. The van der Waals surface area contributed by atoms with E-state index in [0.717, 1.165) is 22.3 Å². The number of benzene rings is 2. The van der Waals surface area contributed by atoms with Gasteiger partial charge in [-0.3, -0.25) is 4.90 Å². The Hall–Kier alpha value is -3.55. The first-order chi connectivity index (χ1) is 15.6. The zero-order valence-corrected chi connectivity index (χ0v) is 19.3. The minimum absolute atomic E-state index is 0.126. The van der Waals surface area contributed by atoms with Gasteiger partial charge in [0.2, 0.25) is 0 Å². The van der Waals surface area contributed by atoms with E-state index >= 15 is 0 Å². The molecule has 0 fully saturated rings. The number of hydrogen-bond donors (Lipinski definition) is 2. The number of ether oxygens (including phenoxy) is 2. The Labute approximate surface area is 193 Å². The van der Waals surface area contributed by atoms with Gasteiger partial charge in [0, 0.05) is 6.54 Å². The fourth-order valence-corrected chi connectivity index (χ4v) is 4.13. The molecule has 0 aliphatic heterocycles. The fraction of sp³-hybridized carbons (Fsp3) is 0.400. The van der Waals surface area contributed by atoms with Crippen LogP contribution in [0.25, 0.3) is 11.1 Å². The maximum Gasteiger partial charge on any atom is 0.411 e. The normalized spacial score (nSPS) is 13.5. The average molecular weight is 455 g/mol. The molecular formula is C25H30N2O6. The van der Waals surface area contributed by atoms with Crippen molar-refractivity contribution in [3.05, 3.63) is 59.7 Å². The third-order valence-corrected chi connectivity index (χ3v) is 5.41. The highest BCUT2D eigenvalue weighted by Crippen LogP contribution is 2.47. The summed E-state index contributed by atoms with van der Waals surface area (Å²) in [4.78, 5) is 38.4. The average Bonchev–Trinajstić information content (AvgIpc) is 3.08. The monoisotopic (exact) mass is 454 g/mol. The molecule has 2 N–H and O–H groups in total. The summed E-state index contributed by atoms with van der Waals surface area (Å²) in [5.74, 6) is -1.14. The van der Waals surface area contributed by atoms with E-state index in [-0.39, 0.29) is 13.0 Å². The van der Waals surface area contributed by atoms with Crippen LogP contribution in [0.4, 0.5) is 9.59 Å². The number of hydrogen-bond acceptors (Lipinski definition) is 5. The summed E-state index contributed by atoms with van der Waals surface area (Å²) >= 11 is 0. The number of carbonyl (C=O) groups excluding carboxylic acids is 2. The molecule has 0 heterocycles. The summed E-state index contributed by atoms with van der Waals surface area (Å²) in [5.41, 5.74) is 2.99. The maximum atomic E-state index is 12.9. The number of alkyl carbamates (subject to hydrolysis) is 1. The molecule has 8 heteroatoms. The van der Waals surface area contributed by atoms with Gasteiger partial charge < -0.3 is 19.9 Å². The van der Waals surface area contributed by atoms with E-state index in [2.05, 4.69) is 5.32 Å². The number of nitrogens with zero attached hydrogens (tertiary/aromatic N) is 1. The third kappa shape index (κ3) is 5.45. The van der Waals surface area contributed by atoms with Crippen molar-refractivity contribution < 1.29 is 29.0 Å². The molecule has 1 atom stereocenters. The van der Waals surface area contributed by atoms with Crippen molar-refractivity contribution in [2.45, 2.75) is 51.3 Å². The van der Waals surface area contributed by atoms with Crippen molar-refractivity contribution in [3.63, 3.8) is 0 Å². The molecular weight excluding hydrogens is 424 g/mol. The zero-order chi connectivity index (χ0) is 24.2. The van der Waals surface area contributed by atoms with Crippen LogP contribution in [-0.2, 0) is 14.3 Å². The largest absolute Gasteiger partial charge is 0.480 e. The summed E-state index contributed by atoms with van der Waals surface area (Å²) in [6.07, 6.45) is -0.835. The quantitative estimate of drug-likeness (QED) is 0.593. The van der Waals surface area contributed by atoms with Gasteiger partial charge in [-0.1, -0.05) is 48.5 Å². The number of rotatable bonds is 7. The van der Waals surface area contributed by atoms with E-state index in [1.165, 1.54) is 12.0 Å². The van der Waals surface area contributed by atoms with Crippen LogP contribution in [0.3, 0.4) is 0 Å². The van der Waals surface area contributed by atoms with Crippen LogP contribution in [0.1, 0.15) is 50.8 Å². The van der Waals surface area contributed by atoms with Crippen molar-refractivity contribution in [1.82, 2.24) is 10.2 Å². The predicted molar refractivity (Wildman–Crippen MR) is 123 cm³/mol. The summed E-state index contributed by atoms with van der Waals surface area (Å²) in [5, 5.41) is 12.7. The molecule has 2 amide bonds.